The van der Waals surface area contributed by atoms with E-state index in [1.54, 1.807) is 0 Å². The van der Waals surface area contributed by atoms with E-state index in [0.717, 1.165) is 13.0 Å². The second-order valence-corrected chi connectivity index (χ2v) is 3.96. The van der Waals surface area contributed by atoms with Crippen molar-refractivity contribution in [2.45, 2.75) is 18.9 Å². The number of nitrogens with one attached hydrogen (secondary N) is 2. The standard InChI is InChI=1S/C10H21N3O4/c1-13(2)6-3-5-11-10(17)12-8(4-7-14)9(15)16/h8,14H,3-7H2,1-2H3,(H,15,16)(H2,11,12,17)/t8-/m0/s1. The van der Waals surface area contributed by atoms with Gasteiger partial charge < -0.3 is 25.7 Å². The fraction of sp³-hybridized carbons (Fsp3) is 0.800. The predicted molar refractivity (Wildman–Crippen MR) is 62.8 cm³/mol. The van der Waals surface area contributed by atoms with Gasteiger partial charge in [0, 0.05) is 19.6 Å². The Hall–Kier alpha value is -1.34. The van der Waals surface area contributed by atoms with Crippen molar-refractivity contribution in [3.05, 3.63) is 0 Å². The lowest BCUT2D eigenvalue weighted by Crippen LogP contribution is -2.46. The number of hydrogen-bond donors (Lipinski definition) is 4. The number of aliphatic hydroxyl groups is 1. The Morgan fingerprint density at radius 1 is 1.35 bits per heavy atom. The quantitative estimate of drug-likeness (QED) is 0.415. The third-order valence-corrected chi connectivity index (χ3v) is 2.09. The van der Waals surface area contributed by atoms with Gasteiger partial charge in [-0.05, 0) is 27.1 Å². The summed E-state index contributed by atoms with van der Waals surface area (Å²) in [7, 11) is 3.86. The second kappa shape index (κ2) is 8.77. The topological polar surface area (TPSA) is 102 Å². The average molecular weight is 247 g/mol. The molecule has 0 unspecified atom stereocenters. The van der Waals surface area contributed by atoms with E-state index in [-0.39, 0.29) is 13.0 Å². The molecule has 0 aromatic rings. The number of carbonyl (C=O) groups is 2. The molecule has 4 N–H and O–H groups in total. The Bertz CT molecular complexity index is 246. The molecule has 0 aromatic heterocycles. The van der Waals surface area contributed by atoms with Gasteiger partial charge in [-0.25, -0.2) is 9.59 Å². The largest absolute Gasteiger partial charge is 0.480 e. The van der Waals surface area contributed by atoms with Gasteiger partial charge in [-0.15, -0.1) is 0 Å². The van der Waals surface area contributed by atoms with Crippen LogP contribution in [0, 0.1) is 0 Å². The van der Waals surface area contributed by atoms with Gasteiger partial charge in [-0.2, -0.15) is 0 Å². The third kappa shape index (κ3) is 8.47. The van der Waals surface area contributed by atoms with E-state index in [1.165, 1.54) is 0 Å². The maximum absolute atomic E-state index is 11.3. The van der Waals surface area contributed by atoms with Gasteiger partial charge >= 0.3 is 12.0 Å². The molecular weight excluding hydrogens is 226 g/mol. The number of carboxylic acid groups (broad SMARTS) is 1. The van der Waals surface area contributed by atoms with Gasteiger partial charge in [0.2, 0.25) is 0 Å². The van der Waals surface area contributed by atoms with Crippen LogP contribution in [-0.2, 0) is 4.79 Å². The third-order valence-electron chi connectivity index (χ3n) is 2.09. The van der Waals surface area contributed by atoms with E-state index in [4.69, 9.17) is 10.2 Å². The van der Waals surface area contributed by atoms with Crippen LogP contribution in [-0.4, -0.2) is 66.9 Å². The Morgan fingerprint density at radius 2 is 2.00 bits per heavy atom. The van der Waals surface area contributed by atoms with Crippen LogP contribution >= 0.6 is 0 Å². The lowest BCUT2D eigenvalue weighted by atomic mass is 10.2. The number of carboxylic acids is 1. The maximum Gasteiger partial charge on any atom is 0.326 e. The normalized spacial score (nSPS) is 12.2. The molecule has 0 aliphatic carbocycles. The minimum atomic E-state index is -1.15. The zero-order valence-corrected chi connectivity index (χ0v) is 10.3. The van der Waals surface area contributed by atoms with E-state index >= 15 is 0 Å². The molecule has 0 spiro atoms. The number of rotatable bonds is 8. The second-order valence-electron chi connectivity index (χ2n) is 3.96. The van der Waals surface area contributed by atoms with Crippen molar-refractivity contribution in [3.63, 3.8) is 0 Å². The average Bonchev–Trinajstić information content (AvgIpc) is 2.23. The van der Waals surface area contributed by atoms with Gasteiger partial charge in [-0.3, -0.25) is 0 Å². The van der Waals surface area contributed by atoms with Crippen molar-refractivity contribution in [2.24, 2.45) is 0 Å². The maximum atomic E-state index is 11.3. The van der Waals surface area contributed by atoms with Crippen molar-refractivity contribution < 1.29 is 19.8 Å². The van der Waals surface area contributed by atoms with E-state index in [1.807, 2.05) is 19.0 Å². The molecule has 2 amide bonds. The molecule has 0 rings (SSSR count). The molecule has 0 aromatic carbocycles. The molecule has 0 radical (unpaired) electrons. The van der Waals surface area contributed by atoms with Crippen LogP contribution in [0.5, 0.6) is 0 Å². The number of urea groups is 1. The van der Waals surface area contributed by atoms with Crippen LogP contribution in [0.2, 0.25) is 0 Å². The minimum Gasteiger partial charge on any atom is -0.480 e. The van der Waals surface area contributed by atoms with E-state index in [0.29, 0.717) is 6.54 Å². The number of nitrogens with zero attached hydrogens (tertiary/aromatic N) is 1. The first kappa shape index (κ1) is 15.7. The van der Waals surface area contributed by atoms with Crippen molar-refractivity contribution in [1.29, 1.82) is 0 Å². The molecule has 0 saturated heterocycles. The van der Waals surface area contributed by atoms with Gasteiger partial charge in [0.25, 0.3) is 0 Å². The molecule has 100 valence electrons. The highest BCUT2D eigenvalue weighted by atomic mass is 16.4. The summed E-state index contributed by atoms with van der Waals surface area (Å²) in [4.78, 5) is 24.0. The highest BCUT2D eigenvalue weighted by molar-refractivity contribution is 5.82. The SMILES string of the molecule is CN(C)CCCNC(=O)N[C@@H](CCO)C(=O)O. The summed E-state index contributed by atoms with van der Waals surface area (Å²) in [6.07, 6.45) is 0.790. The van der Waals surface area contributed by atoms with Crippen LogP contribution < -0.4 is 10.6 Å². The van der Waals surface area contributed by atoms with Crippen molar-refractivity contribution in [2.75, 3.05) is 33.8 Å². The Balaban J connectivity index is 3.78. The van der Waals surface area contributed by atoms with E-state index in [2.05, 4.69) is 10.6 Å². The molecule has 0 heterocycles. The first-order chi connectivity index (χ1) is 7.97. The first-order valence-corrected chi connectivity index (χ1v) is 5.50. The van der Waals surface area contributed by atoms with Gasteiger partial charge in [0.05, 0.1) is 0 Å². The minimum absolute atomic E-state index is 0.000448. The summed E-state index contributed by atoms with van der Waals surface area (Å²) >= 11 is 0. The van der Waals surface area contributed by atoms with Crippen LogP contribution in [0.25, 0.3) is 0 Å². The number of hydrogen-bond acceptors (Lipinski definition) is 4. The van der Waals surface area contributed by atoms with E-state index < -0.39 is 18.0 Å². The summed E-state index contributed by atoms with van der Waals surface area (Å²) in [5, 5.41) is 22.2. The van der Waals surface area contributed by atoms with Gasteiger partial charge in [0.15, 0.2) is 0 Å². The zero-order valence-electron chi connectivity index (χ0n) is 10.3. The summed E-state index contributed by atoms with van der Waals surface area (Å²) < 4.78 is 0. The Kier molecular flexibility index (Phi) is 8.08. The molecule has 0 fully saturated rings. The molecule has 7 heteroatoms. The first-order valence-electron chi connectivity index (χ1n) is 5.50. The summed E-state index contributed by atoms with van der Waals surface area (Å²) in [6.45, 7) is 1.05. The van der Waals surface area contributed by atoms with Crippen molar-refractivity contribution in [3.8, 4) is 0 Å². The number of amides is 2. The fourth-order valence-corrected chi connectivity index (χ4v) is 1.19. The Morgan fingerprint density at radius 3 is 2.47 bits per heavy atom. The molecular formula is C10H21N3O4. The summed E-state index contributed by atoms with van der Waals surface area (Å²) in [5.74, 6) is -1.15. The van der Waals surface area contributed by atoms with Crippen LogP contribution in [0.4, 0.5) is 4.79 Å². The molecule has 0 aliphatic rings. The molecule has 0 saturated carbocycles. The lowest BCUT2D eigenvalue weighted by molar-refractivity contribution is -0.139. The molecule has 1 atom stereocenters. The monoisotopic (exact) mass is 247 g/mol. The molecule has 0 aliphatic heterocycles. The molecule has 17 heavy (non-hydrogen) atoms. The summed E-state index contributed by atoms with van der Waals surface area (Å²) in [6, 6.07) is -1.57. The predicted octanol–water partition coefficient (Wildman–Crippen LogP) is -0.927. The van der Waals surface area contributed by atoms with Gasteiger partial charge in [0.1, 0.15) is 6.04 Å². The molecule has 7 nitrogen and oxygen atoms in total. The zero-order chi connectivity index (χ0) is 13.3. The van der Waals surface area contributed by atoms with Crippen molar-refractivity contribution >= 4 is 12.0 Å². The molecule has 0 bridgehead atoms. The Labute approximate surface area is 101 Å². The number of aliphatic hydroxyl groups excluding tert-OH is 1. The highest BCUT2D eigenvalue weighted by Crippen LogP contribution is 1.91. The van der Waals surface area contributed by atoms with Crippen LogP contribution in [0.15, 0.2) is 0 Å². The fourth-order valence-electron chi connectivity index (χ4n) is 1.19. The van der Waals surface area contributed by atoms with Crippen LogP contribution in [0.3, 0.4) is 0 Å². The highest BCUT2D eigenvalue weighted by Gasteiger charge is 2.18. The summed E-state index contributed by atoms with van der Waals surface area (Å²) in [5.41, 5.74) is 0. The van der Waals surface area contributed by atoms with Crippen LogP contribution in [0.1, 0.15) is 12.8 Å². The van der Waals surface area contributed by atoms with Gasteiger partial charge in [-0.1, -0.05) is 0 Å². The number of aliphatic carboxylic acids is 1. The van der Waals surface area contributed by atoms with Crippen molar-refractivity contribution in [1.82, 2.24) is 15.5 Å². The van der Waals surface area contributed by atoms with E-state index in [9.17, 15) is 9.59 Å². The number of carbonyl (C=O) groups excluding carboxylic acids is 1. The lowest BCUT2D eigenvalue weighted by Gasteiger charge is -2.14. The smallest absolute Gasteiger partial charge is 0.326 e.